The molecule has 0 radical (unpaired) electrons. The molecule has 3 nitrogen and oxygen atoms in total. The smallest absolute Gasteiger partial charge is 0.0809 e. The average molecular weight is 162 g/mol. The lowest BCUT2D eigenvalue weighted by molar-refractivity contribution is -0.0135. The third-order valence-corrected chi connectivity index (χ3v) is 1.38. The molecule has 0 amide bonds. The van der Waals surface area contributed by atoms with Crippen LogP contribution in [-0.4, -0.2) is 36.1 Å². The second kappa shape index (κ2) is 6.58. The van der Waals surface area contributed by atoms with Crippen LogP contribution in [-0.2, 0) is 4.74 Å². The van der Waals surface area contributed by atoms with Gasteiger partial charge in [-0.3, -0.25) is 0 Å². The summed E-state index contributed by atoms with van der Waals surface area (Å²) in [5.41, 5.74) is 0. The van der Waals surface area contributed by atoms with E-state index in [2.05, 4.69) is 13.8 Å². The van der Waals surface area contributed by atoms with Gasteiger partial charge in [-0.2, -0.15) is 0 Å². The molecule has 2 N–H and O–H groups in total. The Bertz CT molecular complexity index is 83.4. The van der Waals surface area contributed by atoms with Gasteiger partial charge in [0.2, 0.25) is 0 Å². The van der Waals surface area contributed by atoms with Crippen molar-refractivity contribution in [2.75, 3.05) is 19.8 Å². The van der Waals surface area contributed by atoms with Crippen molar-refractivity contribution in [3.8, 4) is 0 Å². The second-order valence-corrected chi connectivity index (χ2v) is 3.03. The molecule has 0 bridgehead atoms. The van der Waals surface area contributed by atoms with Crippen LogP contribution >= 0.6 is 0 Å². The maximum absolute atomic E-state index is 8.79. The van der Waals surface area contributed by atoms with Gasteiger partial charge in [0.25, 0.3) is 0 Å². The Morgan fingerprint density at radius 3 is 2.27 bits per heavy atom. The van der Waals surface area contributed by atoms with Crippen LogP contribution in [0, 0.1) is 5.92 Å². The number of aliphatic hydroxyl groups excluding tert-OH is 2. The minimum atomic E-state index is -0.109. The number of hydrogen-bond acceptors (Lipinski definition) is 3. The van der Waals surface area contributed by atoms with E-state index in [0.717, 1.165) is 6.42 Å². The molecule has 0 aromatic heterocycles. The third-order valence-electron chi connectivity index (χ3n) is 1.38. The molecule has 11 heavy (non-hydrogen) atoms. The van der Waals surface area contributed by atoms with E-state index >= 15 is 0 Å². The highest BCUT2D eigenvalue weighted by atomic mass is 16.5. The van der Waals surface area contributed by atoms with Crippen molar-refractivity contribution >= 4 is 0 Å². The van der Waals surface area contributed by atoms with Gasteiger partial charge >= 0.3 is 0 Å². The molecule has 0 saturated heterocycles. The largest absolute Gasteiger partial charge is 0.394 e. The fourth-order valence-corrected chi connectivity index (χ4v) is 0.940. The lowest BCUT2D eigenvalue weighted by atomic mass is 10.1. The van der Waals surface area contributed by atoms with Gasteiger partial charge in [-0.25, -0.2) is 0 Å². The number of rotatable bonds is 6. The first-order valence-corrected chi connectivity index (χ1v) is 4.04. The molecule has 0 saturated carbocycles. The predicted molar refractivity (Wildman–Crippen MR) is 43.4 cm³/mol. The van der Waals surface area contributed by atoms with Crippen LogP contribution < -0.4 is 0 Å². The van der Waals surface area contributed by atoms with Crippen molar-refractivity contribution in [1.29, 1.82) is 0 Å². The molecule has 0 spiro atoms. The normalized spacial score (nSPS) is 13.9. The molecular weight excluding hydrogens is 144 g/mol. The zero-order valence-corrected chi connectivity index (χ0v) is 7.29. The van der Waals surface area contributed by atoms with E-state index in [1.807, 2.05) is 0 Å². The zero-order chi connectivity index (χ0) is 8.69. The highest BCUT2D eigenvalue weighted by molar-refractivity contribution is 4.58. The van der Waals surface area contributed by atoms with E-state index in [1.54, 1.807) is 0 Å². The Kier molecular flexibility index (Phi) is 6.51. The summed E-state index contributed by atoms with van der Waals surface area (Å²) in [5.74, 6) is 0.519. The number of ether oxygens (including phenoxy) is 1. The summed E-state index contributed by atoms with van der Waals surface area (Å²) in [4.78, 5) is 0. The van der Waals surface area contributed by atoms with Crippen LogP contribution in [0.3, 0.4) is 0 Å². The highest BCUT2D eigenvalue weighted by Gasteiger charge is 2.08. The van der Waals surface area contributed by atoms with Crippen LogP contribution in [0.1, 0.15) is 20.3 Å². The standard InChI is InChI=1S/C8H18O3/c1-7(2)5-8(6-10)11-4-3-9/h7-10H,3-6H2,1-2H3. The van der Waals surface area contributed by atoms with Gasteiger partial charge in [-0.15, -0.1) is 0 Å². The molecule has 0 aliphatic rings. The number of aliphatic hydroxyl groups is 2. The fraction of sp³-hybridized carbons (Fsp3) is 1.00. The minimum absolute atomic E-state index is 0.0224. The summed E-state index contributed by atoms with van der Waals surface area (Å²) in [6.07, 6.45) is 0.735. The van der Waals surface area contributed by atoms with Gasteiger partial charge in [0.1, 0.15) is 0 Å². The van der Waals surface area contributed by atoms with Crippen LogP contribution in [0.4, 0.5) is 0 Å². The Hall–Kier alpha value is -0.120. The molecule has 0 aliphatic carbocycles. The SMILES string of the molecule is CC(C)CC(CO)OCCO. The Morgan fingerprint density at radius 1 is 1.27 bits per heavy atom. The van der Waals surface area contributed by atoms with E-state index in [4.69, 9.17) is 14.9 Å². The summed E-state index contributed by atoms with van der Waals surface area (Å²) in [7, 11) is 0. The number of hydrogen-bond donors (Lipinski definition) is 2. The minimum Gasteiger partial charge on any atom is -0.394 e. The Labute approximate surface area is 68.0 Å². The lowest BCUT2D eigenvalue weighted by Gasteiger charge is -2.16. The van der Waals surface area contributed by atoms with Crippen molar-refractivity contribution in [2.24, 2.45) is 5.92 Å². The summed E-state index contributed by atoms with van der Waals surface area (Å²) in [5, 5.41) is 17.2. The van der Waals surface area contributed by atoms with E-state index in [9.17, 15) is 0 Å². The lowest BCUT2D eigenvalue weighted by Crippen LogP contribution is -2.21. The van der Waals surface area contributed by atoms with Gasteiger partial charge in [-0.1, -0.05) is 13.8 Å². The first-order valence-electron chi connectivity index (χ1n) is 4.04. The van der Waals surface area contributed by atoms with E-state index < -0.39 is 0 Å². The molecule has 0 aromatic carbocycles. The molecule has 0 fully saturated rings. The van der Waals surface area contributed by atoms with Crippen molar-refractivity contribution in [1.82, 2.24) is 0 Å². The molecule has 0 aliphatic heterocycles. The Morgan fingerprint density at radius 2 is 1.91 bits per heavy atom. The van der Waals surface area contributed by atoms with Crippen molar-refractivity contribution < 1.29 is 14.9 Å². The molecule has 0 aromatic rings. The molecule has 1 atom stereocenters. The molecular formula is C8H18O3. The van der Waals surface area contributed by atoms with E-state index in [0.29, 0.717) is 12.5 Å². The van der Waals surface area contributed by atoms with Crippen molar-refractivity contribution in [3.05, 3.63) is 0 Å². The van der Waals surface area contributed by atoms with Crippen molar-refractivity contribution in [2.45, 2.75) is 26.4 Å². The molecule has 68 valence electrons. The monoisotopic (exact) mass is 162 g/mol. The first kappa shape index (κ1) is 10.9. The summed E-state index contributed by atoms with van der Waals surface area (Å²) >= 11 is 0. The van der Waals surface area contributed by atoms with E-state index in [1.165, 1.54) is 0 Å². The third kappa shape index (κ3) is 6.28. The quantitative estimate of drug-likeness (QED) is 0.594. The molecule has 0 heterocycles. The second-order valence-electron chi connectivity index (χ2n) is 3.03. The fourth-order valence-electron chi connectivity index (χ4n) is 0.940. The van der Waals surface area contributed by atoms with Crippen LogP contribution in [0.25, 0.3) is 0 Å². The van der Waals surface area contributed by atoms with Gasteiger partial charge in [0.15, 0.2) is 0 Å². The van der Waals surface area contributed by atoms with E-state index in [-0.39, 0.29) is 19.3 Å². The van der Waals surface area contributed by atoms with Gasteiger partial charge in [0.05, 0.1) is 25.9 Å². The molecule has 1 unspecified atom stereocenters. The highest BCUT2D eigenvalue weighted by Crippen LogP contribution is 2.06. The Balaban J connectivity index is 3.41. The van der Waals surface area contributed by atoms with Gasteiger partial charge < -0.3 is 14.9 Å². The predicted octanol–water partition coefficient (Wildman–Crippen LogP) is 0.402. The first-order chi connectivity index (χ1) is 5.20. The van der Waals surface area contributed by atoms with Gasteiger partial charge in [0, 0.05) is 0 Å². The average Bonchev–Trinajstić information content (AvgIpc) is 1.97. The molecule has 0 rings (SSSR count). The summed E-state index contributed by atoms with van der Waals surface area (Å²) in [6, 6.07) is 0. The summed E-state index contributed by atoms with van der Waals surface area (Å²) in [6.45, 7) is 4.53. The van der Waals surface area contributed by atoms with Crippen molar-refractivity contribution in [3.63, 3.8) is 0 Å². The van der Waals surface area contributed by atoms with Crippen LogP contribution in [0.5, 0.6) is 0 Å². The topological polar surface area (TPSA) is 49.7 Å². The van der Waals surface area contributed by atoms with Crippen LogP contribution in [0.15, 0.2) is 0 Å². The zero-order valence-electron chi connectivity index (χ0n) is 7.29. The maximum Gasteiger partial charge on any atom is 0.0809 e. The molecule has 3 heteroatoms. The van der Waals surface area contributed by atoms with Crippen LogP contribution in [0.2, 0.25) is 0 Å². The maximum atomic E-state index is 8.79. The summed E-state index contributed by atoms with van der Waals surface area (Å²) < 4.78 is 5.15. The van der Waals surface area contributed by atoms with Gasteiger partial charge in [-0.05, 0) is 12.3 Å².